The molecule has 0 aliphatic heterocycles. The van der Waals surface area contributed by atoms with Crippen LogP contribution in [0.2, 0.25) is 0 Å². The van der Waals surface area contributed by atoms with Crippen LogP contribution >= 0.6 is 0 Å². The van der Waals surface area contributed by atoms with Crippen molar-refractivity contribution in [2.24, 2.45) is 0 Å². The van der Waals surface area contributed by atoms with Crippen LogP contribution in [0.4, 0.5) is 0 Å². The summed E-state index contributed by atoms with van der Waals surface area (Å²) in [5.41, 5.74) is 4.28. The number of rotatable bonds is 4. The van der Waals surface area contributed by atoms with E-state index in [0.29, 0.717) is 6.04 Å². The van der Waals surface area contributed by atoms with E-state index in [4.69, 9.17) is 19.8 Å². The molecule has 140 valence electrons. The Balaban J connectivity index is 0.000000487. The third kappa shape index (κ3) is 7.49. The van der Waals surface area contributed by atoms with Crippen molar-refractivity contribution in [1.82, 2.24) is 5.32 Å². The van der Waals surface area contributed by atoms with Gasteiger partial charge in [0.25, 0.3) is 0 Å². The number of carbonyl (C=O) groups is 2. The lowest BCUT2D eigenvalue weighted by atomic mass is 9.87. The number of hydrogen-bond acceptors (Lipinski definition) is 3. The second-order valence-electron chi connectivity index (χ2n) is 7.07. The molecule has 0 aromatic heterocycles. The Morgan fingerprint density at radius 3 is 1.85 bits per heavy atom. The van der Waals surface area contributed by atoms with Crippen molar-refractivity contribution in [2.45, 2.75) is 45.7 Å². The quantitative estimate of drug-likeness (QED) is 0.720. The molecular weight excluding hydrogens is 330 g/mol. The van der Waals surface area contributed by atoms with Crippen LogP contribution in [0, 0.1) is 0 Å². The Labute approximate surface area is 154 Å². The third-order valence-electron chi connectivity index (χ3n) is 3.91. The summed E-state index contributed by atoms with van der Waals surface area (Å²) in [7, 11) is 0. The van der Waals surface area contributed by atoms with Gasteiger partial charge in [0, 0.05) is 12.6 Å². The van der Waals surface area contributed by atoms with Crippen molar-refractivity contribution in [1.29, 1.82) is 0 Å². The van der Waals surface area contributed by atoms with Crippen LogP contribution in [-0.4, -0.2) is 22.2 Å². The van der Waals surface area contributed by atoms with Crippen LogP contribution in [0.3, 0.4) is 0 Å². The summed E-state index contributed by atoms with van der Waals surface area (Å²) >= 11 is 0. The topological polar surface area (TPSA) is 86.6 Å². The zero-order chi connectivity index (χ0) is 19.7. The van der Waals surface area contributed by atoms with Gasteiger partial charge in [-0.15, -0.1) is 0 Å². The van der Waals surface area contributed by atoms with Crippen LogP contribution in [0.1, 0.15) is 50.4 Å². The molecule has 0 saturated carbocycles. The van der Waals surface area contributed by atoms with Gasteiger partial charge in [0.1, 0.15) is 0 Å². The zero-order valence-corrected chi connectivity index (χ0v) is 15.7. The number of aliphatic carboxylic acids is 2. The van der Waals surface area contributed by atoms with Crippen LogP contribution in [0.25, 0.3) is 0 Å². The summed E-state index contributed by atoms with van der Waals surface area (Å²) < 4.78 is 0. The highest BCUT2D eigenvalue weighted by molar-refractivity contribution is 6.27. The van der Waals surface area contributed by atoms with Crippen molar-refractivity contribution in [2.75, 3.05) is 0 Å². The van der Waals surface area contributed by atoms with E-state index >= 15 is 0 Å². The van der Waals surface area contributed by atoms with E-state index < -0.39 is 11.9 Å². The highest BCUT2D eigenvalue weighted by atomic mass is 16.4. The number of carboxylic acids is 2. The average molecular weight is 357 g/mol. The van der Waals surface area contributed by atoms with Gasteiger partial charge in [0.15, 0.2) is 0 Å². The molecular formula is C21H27NO4. The SMILES string of the molecule is CC(NCc1ccc(C(C)(C)C)cc1)c1ccccc1.O=C(O)C(=O)O. The first-order valence-corrected chi connectivity index (χ1v) is 8.45. The van der Waals surface area contributed by atoms with E-state index in [1.54, 1.807) is 0 Å². The maximum Gasteiger partial charge on any atom is 0.414 e. The maximum absolute atomic E-state index is 9.10. The van der Waals surface area contributed by atoms with Crippen LogP contribution in [-0.2, 0) is 21.5 Å². The summed E-state index contributed by atoms with van der Waals surface area (Å²) in [5.74, 6) is -3.65. The number of hydrogen-bond donors (Lipinski definition) is 3. The van der Waals surface area contributed by atoms with E-state index in [1.165, 1.54) is 16.7 Å². The Hall–Kier alpha value is -2.66. The molecule has 0 radical (unpaired) electrons. The second-order valence-corrected chi connectivity index (χ2v) is 7.07. The summed E-state index contributed by atoms with van der Waals surface area (Å²) in [4.78, 5) is 18.2. The molecule has 5 nitrogen and oxygen atoms in total. The van der Waals surface area contributed by atoms with Gasteiger partial charge in [0.2, 0.25) is 0 Å². The predicted octanol–water partition coefficient (Wildman–Crippen LogP) is 3.99. The van der Waals surface area contributed by atoms with Crippen LogP contribution in [0.15, 0.2) is 54.6 Å². The lowest BCUT2D eigenvalue weighted by Gasteiger charge is -2.19. The predicted molar refractivity (Wildman–Crippen MR) is 102 cm³/mol. The van der Waals surface area contributed by atoms with Gasteiger partial charge in [-0.3, -0.25) is 0 Å². The molecule has 0 saturated heterocycles. The van der Waals surface area contributed by atoms with Crippen LogP contribution < -0.4 is 5.32 Å². The molecule has 2 aromatic carbocycles. The maximum atomic E-state index is 9.10. The van der Waals surface area contributed by atoms with Crippen LogP contribution in [0.5, 0.6) is 0 Å². The van der Waals surface area contributed by atoms with Crippen molar-refractivity contribution < 1.29 is 19.8 Å². The fourth-order valence-corrected chi connectivity index (χ4v) is 2.25. The summed E-state index contributed by atoms with van der Waals surface area (Å²) in [6.45, 7) is 9.85. The minimum Gasteiger partial charge on any atom is -0.473 e. The monoisotopic (exact) mass is 357 g/mol. The lowest BCUT2D eigenvalue weighted by molar-refractivity contribution is -0.159. The standard InChI is InChI=1S/C19H25N.C2H2O4/c1-15(17-8-6-5-7-9-17)20-14-16-10-12-18(13-11-16)19(2,3)4;3-1(4)2(5)6/h5-13,15,20H,14H2,1-4H3;(H,3,4)(H,5,6). The van der Waals surface area contributed by atoms with Gasteiger partial charge < -0.3 is 15.5 Å². The highest BCUT2D eigenvalue weighted by Crippen LogP contribution is 2.22. The Kier molecular flexibility index (Phi) is 8.00. The molecule has 0 aliphatic rings. The molecule has 0 bridgehead atoms. The van der Waals surface area contributed by atoms with E-state index in [9.17, 15) is 0 Å². The van der Waals surface area contributed by atoms with Crippen molar-refractivity contribution in [3.8, 4) is 0 Å². The summed E-state index contributed by atoms with van der Waals surface area (Å²) in [5, 5.41) is 18.4. The molecule has 0 fully saturated rings. The third-order valence-corrected chi connectivity index (χ3v) is 3.91. The fourth-order valence-electron chi connectivity index (χ4n) is 2.25. The minimum atomic E-state index is -1.82. The van der Waals surface area contributed by atoms with Crippen molar-refractivity contribution in [3.63, 3.8) is 0 Å². The first-order valence-electron chi connectivity index (χ1n) is 8.45. The summed E-state index contributed by atoms with van der Waals surface area (Å²) in [6, 6.07) is 19.9. The van der Waals surface area contributed by atoms with Gasteiger partial charge in [0.05, 0.1) is 0 Å². The molecule has 3 N–H and O–H groups in total. The van der Waals surface area contributed by atoms with E-state index in [-0.39, 0.29) is 5.41 Å². The molecule has 0 heterocycles. The number of carboxylic acid groups (broad SMARTS) is 2. The molecule has 0 aliphatic carbocycles. The number of nitrogens with one attached hydrogen (secondary N) is 1. The molecule has 5 heteroatoms. The average Bonchev–Trinajstić information content (AvgIpc) is 2.60. The second kappa shape index (κ2) is 9.73. The Morgan fingerprint density at radius 1 is 0.923 bits per heavy atom. The zero-order valence-electron chi connectivity index (χ0n) is 15.7. The van der Waals surface area contributed by atoms with E-state index in [1.807, 2.05) is 0 Å². The normalized spacial score (nSPS) is 11.8. The first kappa shape index (κ1) is 21.4. The minimum absolute atomic E-state index is 0.225. The molecule has 0 amide bonds. The van der Waals surface area contributed by atoms with Gasteiger partial charge in [-0.2, -0.15) is 0 Å². The van der Waals surface area contributed by atoms with Gasteiger partial charge in [-0.05, 0) is 29.0 Å². The summed E-state index contributed by atoms with van der Waals surface area (Å²) in [6.07, 6.45) is 0. The van der Waals surface area contributed by atoms with Gasteiger partial charge in [-0.25, -0.2) is 9.59 Å². The van der Waals surface area contributed by atoms with Crippen molar-refractivity contribution >= 4 is 11.9 Å². The molecule has 26 heavy (non-hydrogen) atoms. The molecule has 2 rings (SSSR count). The van der Waals surface area contributed by atoms with Crippen molar-refractivity contribution in [3.05, 3.63) is 71.3 Å². The Morgan fingerprint density at radius 2 is 1.42 bits per heavy atom. The molecule has 1 unspecified atom stereocenters. The molecule has 1 atom stereocenters. The first-order chi connectivity index (χ1) is 12.1. The lowest BCUT2D eigenvalue weighted by Crippen LogP contribution is -2.18. The molecule has 2 aromatic rings. The van der Waals surface area contributed by atoms with E-state index in [2.05, 4.69) is 87.6 Å². The largest absolute Gasteiger partial charge is 0.473 e. The highest BCUT2D eigenvalue weighted by Gasteiger charge is 2.12. The van der Waals surface area contributed by atoms with Gasteiger partial charge in [-0.1, -0.05) is 75.4 Å². The smallest absolute Gasteiger partial charge is 0.414 e. The fraction of sp³-hybridized carbons (Fsp3) is 0.333. The molecule has 0 spiro atoms. The number of benzene rings is 2. The Bertz CT molecular complexity index is 691. The van der Waals surface area contributed by atoms with Gasteiger partial charge >= 0.3 is 11.9 Å². The van der Waals surface area contributed by atoms with E-state index in [0.717, 1.165) is 6.54 Å².